The number of pyridine rings is 2. The van der Waals surface area contributed by atoms with Gasteiger partial charge in [-0.1, -0.05) is 54.1 Å². The molecule has 8 heteroatoms. The normalized spacial score (nSPS) is 11.2. The highest BCUT2D eigenvalue weighted by molar-refractivity contribution is 6.30. The Morgan fingerprint density at radius 2 is 1.67 bits per heavy atom. The summed E-state index contributed by atoms with van der Waals surface area (Å²) in [6.07, 6.45) is 8.64. The van der Waals surface area contributed by atoms with E-state index in [1.165, 1.54) is 6.08 Å². The molecule has 204 valence electrons. The molecule has 0 aliphatic rings. The molecule has 0 fully saturated rings. The Hall–Kier alpha value is -5.40. The molecule has 1 amide bonds. The fraction of sp³-hybridized carbons (Fsp3) is 0.0294. The highest BCUT2D eigenvalue weighted by Crippen LogP contribution is 2.26. The summed E-state index contributed by atoms with van der Waals surface area (Å²) < 4.78 is 1.60. The number of anilines is 1. The van der Waals surface area contributed by atoms with Gasteiger partial charge in [-0.25, -0.2) is 9.97 Å². The van der Waals surface area contributed by atoms with E-state index >= 15 is 0 Å². The maximum atomic E-state index is 13.8. The highest BCUT2D eigenvalue weighted by atomic mass is 35.5. The van der Waals surface area contributed by atoms with Crippen LogP contribution >= 0.6 is 11.6 Å². The molecular weight excluding hydrogens is 546 g/mol. The summed E-state index contributed by atoms with van der Waals surface area (Å²) in [7, 11) is 0. The monoisotopic (exact) mass is 569 g/mol. The van der Waals surface area contributed by atoms with Crippen LogP contribution < -0.4 is 10.9 Å². The van der Waals surface area contributed by atoms with Gasteiger partial charge in [0.05, 0.1) is 5.69 Å². The van der Waals surface area contributed by atoms with E-state index in [9.17, 15) is 9.59 Å². The third-order valence-corrected chi connectivity index (χ3v) is 6.89. The summed E-state index contributed by atoms with van der Waals surface area (Å²) in [6.45, 7) is 0. The molecular formula is C34H24ClN5O2. The minimum absolute atomic E-state index is 0.240. The first kappa shape index (κ1) is 26.8. The molecule has 0 aliphatic carbocycles. The van der Waals surface area contributed by atoms with Crippen molar-refractivity contribution in [2.75, 3.05) is 5.32 Å². The van der Waals surface area contributed by atoms with Gasteiger partial charge in [-0.2, -0.15) is 0 Å². The van der Waals surface area contributed by atoms with Crippen molar-refractivity contribution in [2.45, 2.75) is 6.42 Å². The van der Waals surface area contributed by atoms with Gasteiger partial charge in [0.2, 0.25) is 5.91 Å². The van der Waals surface area contributed by atoms with Crippen LogP contribution in [-0.4, -0.2) is 25.4 Å². The van der Waals surface area contributed by atoms with Crippen molar-refractivity contribution in [3.8, 4) is 16.8 Å². The quantitative estimate of drug-likeness (QED) is 0.215. The lowest BCUT2D eigenvalue weighted by Gasteiger charge is -2.13. The van der Waals surface area contributed by atoms with Crippen LogP contribution in [0.15, 0.2) is 127 Å². The van der Waals surface area contributed by atoms with Crippen LogP contribution in [0.5, 0.6) is 0 Å². The van der Waals surface area contributed by atoms with Gasteiger partial charge in [0.1, 0.15) is 11.2 Å². The first-order valence-electron chi connectivity index (χ1n) is 13.2. The summed E-state index contributed by atoms with van der Waals surface area (Å²) in [6, 6.07) is 29.9. The van der Waals surface area contributed by atoms with Gasteiger partial charge in [0.15, 0.2) is 5.65 Å². The molecule has 0 spiro atoms. The van der Waals surface area contributed by atoms with Gasteiger partial charge in [0.25, 0.3) is 5.56 Å². The maximum absolute atomic E-state index is 13.8. The molecule has 1 N–H and O–H groups in total. The third kappa shape index (κ3) is 6.01. The van der Waals surface area contributed by atoms with Crippen LogP contribution in [0.3, 0.4) is 0 Å². The van der Waals surface area contributed by atoms with E-state index in [1.54, 1.807) is 47.4 Å². The van der Waals surface area contributed by atoms with Gasteiger partial charge >= 0.3 is 0 Å². The van der Waals surface area contributed by atoms with E-state index in [2.05, 4.69) is 20.3 Å². The molecule has 6 rings (SSSR count). The van der Waals surface area contributed by atoms with Gasteiger partial charge in [0, 0.05) is 41.8 Å². The highest BCUT2D eigenvalue weighted by Gasteiger charge is 2.15. The topological polar surface area (TPSA) is 89.8 Å². The number of carbonyl (C=O) groups is 1. The second-order valence-corrected chi connectivity index (χ2v) is 10.0. The molecule has 0 radical (unpaired) electrons. The Kier molecular flexibility index (Phi) is 7.66. The zero-order valence-electron chi connectivity index (χ0n) is 22.3. The Morgan fingerprint density at radius 3 is 2.48 bits per heavy atom. The molecule has 0 aliphatic heterocycles. The number of nitrogens with one attached hydrogen (secondary N) is 1. The summed E-state index contributed by atoms with van der Waals surface area (Å²) in [5.74, 6) is -0.252. The summed E-state index contributed by atoms with van der Waals surface area (Å²) in [4.78, 5) is 39.6. The maximum Gasteiger partial charge on any atom is 0.278 e. The molecule has 7 nitrogen and oxygen atoms in total. The van der Waals surface area contributed by atoms with Crippen LogP contribution in [0.1, 0.15) is 16.8 Å². The summed E-state index contributed by atoms with van der Waals surface area (Å²) in [5.41, 5.74) is 6.10. The number of fused-ring (bicyclic) bond motifs is 1. The molecule has 0 atom stereocenters. The van der Waals surface area contributed by atoms with Gasteiger partial charge in [-0.3, -0.25) is 19.1 Å². The largest absolute Gasteiger partial charge is 0.322 e. The predicted octanol–water partition coefficient (Wildman–Crippen LogP) is 6.74. The number of amides is 1. The van der Waals surface area contributed by atoms with Crippen molar-refractivity contribution in [3.63, 3.8) is 0 Å². The zero-order chi connectivity index (χ0) is 28.9. The number of nitrogens with zero attached hydrogens (tertiary/aromatic N) is 4. The molecule has 42 heavy (non-hydrogen) atoms. The van der Waals surface area contributed by atoms with E-state index in [1.807, 2.05) is 78.9 Å². The standard InChI is InChI=1S/C34H24ClN5O2/c35-27-14-11-23(12-15-27)13-16-32(41)38-28-8-1-6-25(20-28)26-7-2-9-29(21-26)40-33-30(10-4-18-37-33)39-31(34(40)42)19-24-5-3-17-36-22-24/h1-18,20-22H,19H2,(H,38,41)/b16-13+. The van der Waals surface area contributed by atoms with Gasteiger partial charge < -0.3 is 5.32 Å². The van der Waals surface area contributed by atoms with Crippen LogP contribution in [0, 0.1) is 0 Å². The lowest BCUT2D eigenvalue weighted by molar-refractivity contribution is -0.111. The smallest absolute Gasteiger partial charge is 0.278 e. The number of aromatic nitrogens is 4. The van der Waals surface area contributed by atoms with Crippen LogP contribution in [0.2, 0.25) is 5.02 Å². The lowest BCUT2D eigenvalue weighted by atomic mass is 10.0. The number of benzene rings is 3. The fourth-order valence-electron chi connectivity index (χ4n) is 4.65. The van der Waals surface area contributed by atoms with Crippen molar-refractivity contribution in [3.05, 3.63) is 154 Å². The Labute approximate surface area is 246 Å². The Morgan fingerprint density at radius 1 is 0.881 bits per heavy atom. The average molecular weight is 570 g/mol. The van der Waals surface area contributed by atoms with Crippen molar-refractivity contribution in [1.29, 1.82) is 0 Å². The van der Waals surface area contributed by atoms with E-state index in [0.717, 1.165) is 22.3 Å². The summed E-state index contributed by atoms with van der Waals surface area (Å²) in [5, 5.41) is 3.55. The second kappa shape index (κ2) is 12.0. The molecule has 3 aromatic heterocycles. The van der Waals surface area contributed by atoms with Gasteiger partial charge in [-0.15, -0.1) is 0 Å². The summed E-state index contributed by atoms with van der Waals surface area (Å²) >= 11 is 5.93. The van der Waals surface area contributed by atoms with E-state index in [0.29, 0.717) is 39.7 Å². The first-order chi connectivity index (χ1) is 20.5. The fourth-order valence-corrected chi connectivity index (χ4v) is 4.77. The number of hydrogen-bond donors (Lipinski definition) is 1. The molecule has 3 heterocycles. The van der Waals surface area contributed by atoms with Crippen molar-refractivity contribution in [1.82, 2.24) is 19.5 Å². The minimum atomic E-state index is -0.252. The molecule has 0 saturated carbocycles. The third-order valence-electron chi connectivity index (χ3n) is 6.64. The minimum Gasteiger partial charge on any atom is -0.322 e. The SMILES string of the molecule is O=C(/C=C/c1ccc(Cl)cc1)Nc1cccc(-c2cccc(-n3c(=O)c(Cc4cccnc4)nc4cccnc43)c2)c1. The van der Waals surface area contributed by atoms with Crippen molar-refractivity contribution in [2.24, 2.45) is 0 Å². The number of hydrogen-bond acceptors (Lipinski definition) is 5. The number of rotatable bonds is 7. The molecule has 3 aromatic carbocycles. The molecule has 0 bridgehead atoms. The first-order valence-corrected chi connectivity index (χ1v) is 13.6. The predicted molar refractivity (Wildman–Crippen MR) is 167 cm³/mol. The molecule has 0 unspecified atom stereocenters. The zero-order valence-corrected chi connectivity index (χ0v) is 23.1. The lowest BCUT2D eigenvalue weighted by Crippen LogP contribution is -2.25. The Bertz CT molecular complexity index is 1990. The van der Waals surface area contributed by atoms with E-state index in [-0.39, 0.29) is 11.5 Å². The van der Waals surface area contributed by atoms with Crippen molar-refractivity contribution >= 4 is 40.4 Å². The van der Waals surface area contributed by atoms with Gasteiger partial charge in [-0.05, 0) is 82.9 Å². The molecule has 6 aromatic rings. The Balaban J connectivity index is 1.31. The second-order valence-electron chi connectivity index (χ2n) is 9.59. The number of carbonyl (C=O) groups excluding carboxylic acids is 1. The van der Waals surface area contributed by atoms with E-state index < -0.39 is 0 Å². The van der Waals surface area contributed by atoms with Crippen LogP contribution in [0.4, 0.5) is 5.69 Å². The van der Waals surface area contributed by atoms with Crippen LogP contribution in [-0.2, 0) is 11.2 Å². The number of halogens is 1. The average Bonchev–Trinajstić information content (AvgIpc) is 3.02. The van der Waals surface area contributed by atoms with Crippen LogP contribution in [0.25, 0.3) is 34.1 Å². The van der Waals surface area contributed by atoms with Crippen molar-refractivity contribution < 1.29 is 4.79 Å². The molecule has 0 saturated heterocycles. The van der Waals surface area contributed by atoms with E-state index in [4.69, 9.17) is 11.6 Å².